The van der Waals surface area contributed by atoms with Gasteiger partial charge >= 0.3 is 6.18 Å². The zero-order chi connectivity index (χ0) is 22.8. The first-order chi connectivity index (χ1) is 14.6. The number of alkyl halides is 3. The van der Waals surface area contributed by atoms with Gasteiger partial charge in [-0.05, 0) is 38.1 Å². The van der Waals surface area contributed by atoms with E-state index >= 15 is 0 Å². The highest BCUT2D eigenvalue weighted by molar-refractivity contribution is 7.13. The molecule has 0 spiro atoms. The Balaban J connectivity index is 1.73. The summed E-state index contributed by atoms with van der Waals surface area (Å²) < 4.78 is 66.4. The highest BCUT2D eigenvalue weighted by Crippen LogP contribution is 2.26. The van der Waals surface area contributed by atoms with E-state index in [1.165, 1.54) is 29.7 Å². The van der Waals surface area contributed by atoms with Gasteiger partial charge in [-0.3, -0.25) is 10.2 Å². The van der Waals surface area contributed by atoms with Crippen molar-refractivity contribution in [1.82, 2.24) is 9.55 Å². The summed E-state index contributed by atoms with van der Waals surface area (Å²) in [7, 11) is 0. The molecule has 5 nitrogen and oxygen atoms in total. The van der Waals surface area contributed by atoms with Gasteiger partial charge in [0.2, 0.25) is 0 Å². The van der Waals surface area contributed by atoms with E-state index in [9.17, 15) is 26.7 Å². The van der Waals surface area contributed by atoms with Gasteiger partial charge in [0.1, 0.15) is 11.4 Å². The number of aryl methyl sites for hydroxylation is 3. The maximum Gasteiger partial charge on any atom is 0.421 e. The van der Waals surface area contributed by atoms with Crippen molar-refractivity contribution in [3.8, 4) is 0 Å². The molecule has 0 radical (unpaired) electrons. The van der Waals surface area contributed by atoms with Crippen LogP contribution in [0, 0.1) is 18.6 Å². The van der Waals surface area contributed by atoms with Crippen LogP contribution in [0.25, 0.3) is 0 Å². The number of aromatic nitrogens is 2. The summed E-state index contributed by atoms with van der Waals surface area (Å²) in [6.07, 6.45) is -3.16. The molecule has 0 saturated carbocycles. The minimum atomic E-state index is -4.71. The third kappa shape index (κ3) is 5.35. The van der Waals surface area contributed by atoms with Crippen molar-refractivity contribution in [1.29, 1.82) is 0 Å². The van der Waals surface area contributed by atoms with E-state index < -0.39 is 28.9 Å². The molecule has 0 fully saturated rings. The molecule has 0 aliphatic rings. The molecule has 2 aromatic heterocycles. The van der Waals surface area contributed by atoms with Crippen LogP contribution in [0.15, 0.2) is 46.4 Å². The van der Waals surface area contributed by atoms with Crippen molar-refractivity contribution >= 4 is 22.7 Å². The second-order valence-corrected chi connectivity index (χ2v) is 7.71. The molecule has 2 heterocycles. The topological polar surface area (TPSA) is 59.3 Å². The Morgan fingerprint density at radius 1 is 1.26 bits per heavy atom. The number of hydrazone groups is 1. The molecule has 31 heavy (non-hydrogen) atoms. The zero-order valence-electron chi connectivity index (χ0n) is 16.4. The van der Waals surface area contributed by atoms with Crippen LogP contribution in [0.3, 0.4) is 0 Å². The first-order valence-corrected chi connectivity index (χ1v) is 9.86. The second-order valence-electron chi connectivity index (χ2n) is 6.62. The average molecular weight is 456 g/mol. The van der Waals surface area contributed by atoms with E-state index in [0.717, 1.165) is 22.8 Å². The number of hydrogen-bond donors (Lipinski definition) is 1. The van der Waals surface area contributed by atoms with Gasteiger partial charge in [-0.1, -0.05) is 0 Å². The number of pyridine rings is 1. The quantitative estimate of drug-likeness (QED) is 0.323. The van der Waals surface area contributed by atoms with Crippen molar-refractivity contribution in [3.05, 3.63) is 79.7 Å². The highest BCUT2D eigenvalue weighted by Gasteiger charge is 2.34. The lowest BCUT2D eigenvalue weighted by molar-refractivity contribution is -0.139. The molecule has 3 aromatic rings. The molecule has 0 bridgehead atoms. The van der Waals surface area contributed by atoms with Crippen LogP contribution in [0.2, 0.25) is 0 Å². The van der Waals surface area contributed by atoms with Gasteiger partial charge in [0, 0.05) is 25.2 Å². The maximum absolute atomic E-state index is 13.7. The molecule has 0 amide bonds. The van der Waals surface area contributed by atoms with E-state index in [-0.39, 0.29) is 18.7 Å². The summed E-state index contributed by atoms with van der Waals surface area (Å²) in [6, 6.07) is 4.99. The summed E-state index contributed by atoms with van der Waals surface area (Å²) in [5.41, 5.74) is 1.36. The lowest BCUT2D eigenvalue weighted by atomic mass is 10.2. The second kappa shape index (κ2) is 8.96. The predicted molar refractivity (Wildman–Crippen MR) is 108 cm³/mol. The lowest BCUT2D eigenvalue weighted by Gasteiger charge is -2.09. The van der Waals surface area contributed by atoms with Gasteiger partial charge in [0.15, 0.2) is 5.82 Å². The van der Waals surface area contributed by atoms with E-state index in [1.54, 1.807) is 13.8 Å². The predicted octanol–water partition coefficient (Wildman–Crippen LogP) is 4.99. The molecule has 1 aromatic carbocycles. The van der Waals surface area contributed by atoms with Crippen molar-refractivity contribution in [2.24, 2.45) is 5.10 Å². The summed E-state index contributed by atoms with van der Waals surface area (Å²) in [5.74, 6) is -1.49. The van der Waals surface area contributed by atoms with Crippen molar-refractivity contribution < 1.29 is 22.0 Å². The van der Waals surface area contributed by atoms with E-state index in [2.05, 4.69) is 15.5 Å². The van der Waals surface area contributed by atoms with Gasteiger partial charge in [-0.15, -0.1) is 11.3 Å². The Kier molecular flexibility index (Phi) is 6.54. The maximum atomic E-state index is 13.7. The number of halogens is 5. The van der Waals surface area contributed by atoms with Crippen LogP contribution < -0.4 is 11.0 Å². The van der Waals surface area contributed by atoms with Crippen LogP contribution in [-0.4, -0.2) is 15.3 Å². The Bertz CT molecular complexity index is 1180. The molecule has 164 valence electrons. The molecule has 1 N–H and O–H groups in total. The smallest absolute Gasteiger partial charge is 0.315 e. The molecule has 11 heteroatoms. The molecular formula is C20H17F5N4OS. The summed E-state index contributed by atoms with van der Waals surface area (Å²) in [4.78, 5) is 17.1. The van der Waals surface area contributed by atoms with Crippen LogP contribution in [-0.2, 0) is 19.1 Å². The standard InChI is InChI=1S/C20H17F5N4OS/c1-11-18(12(2)27-28-16-6-5-13(21)10-15(16)22)31-17(26-11)7-9-29-8-3-4-14(19(29)30)20(23,24)25/h3-6,8,10,28H,7,9H2,1-2H3/b27-12+. The summed E-state index contributed by atoms with van der Waals surface area (Å²) in [5, 5.41) is 4.71. The highest BCUT2D eigenvalue weighted by atomic mass is 32.1. The third-order valence-electron chi connectivity index (χ3n) is 4.34. The van der Waals surface area contributed by atoms with Gasteiger partial charge in [-0.25, -0.2) is 13.8 Å². The SMILES string of the molecule is C/C(=N\Nc1ccc(F)cc1F)c1sc(CCn2cccc(C(F)(F)F)c2=O)nc1C. The molecule has 0 saturated heterocycles. The van der Waals surface area contributed by atoms with E-state index in [0.29, 0.717) is 21.3 Å². The van der Waals surface area contributed by atoms with Crippen molar-refractivity contribution in [2.75, 3.05) is 5.43 Å². The molecule has 3 rings (SSSR count). The summed E-state index contributed by atoms with van der Waals surface area (Å²) >= 11 is 1.27. The Morgan fingerprint density at radius 2 is 2.00 bits per heavy atom. The van der Waals surface area contributed by atoms with Gasteiger partial charge in [-0.2, -0.15) is 18.3 Å². The minimum absolute atomic E-state index is 0.00654. The normalized spacial score (nSPS) is 12.3. The fourth-order valence-corrected chi connectivity index (χ4v) is 3.81. The first-order valence-electron chi connectivity index (χ1n) is 9.05. The monoisotopic (exact) mass is 456 g/mol. The molecule has 0 atom stereocenters. The Labute approximate surface area is 177 Å². The molecule has 0 aliphatic heterocycles. The Morgan fingerprint density at radius 3 is 2.68 bits per heavy atom. The third-order valence-corrected chi connectivity index (χ3v) is 5.66. The van der Waals surface area contributed by atoms with Gasteiger partial charge < -0.3 is 4.57 Å². The van der Waals surface area contributed by atoms with Crippen molar-refractivity contribution in [2.45, 2.75) is 33.0 Å². The fourth-order valence-electron chi connectivity index (χ4n) is 2.81. The number of benzene rings is 1. The fraction of sp³-hybridized carbons (Fsp3) is 0.250. The number of hydrogen-bond acceptors (Lipinski definition) is 5. The van der Waals surface area contributed by atoms with Crippen molar-refractivity contribution in [3.63, 3.8) is 0 Å². The van der Waals surface area contributed by atoms with E-state index in [1.807, 2.05) is 0 Å². The minimum Gasteiger partial charge on any atom is -0.315 e. The first kappa shape index (κ1) is 22.6. The molecular weight excluding hydrogens is 439 g/mol. The zero-order valence-corrected chi connectivity index (χ0v) is 17.2. The van der Waals surface area contributed by atoms with Crippen LogP contribution in [0.1, 0.15) is 28.1 Å². The van der Waals surface area contributed by atoms with Crippen LogP contribution in [0.4, 0.5) is 27.6 Å². The van der Waals surface area contributed by atoms with Crippen LogP contribution in [0.5, 0.6) is 0 Å². The molecule has 0 aliphatic carbocycles. The summed E-state index contributed by atoms with van der Waals surface area (Å²) in [6.45, 7) is 3.45. The lowest BCUT2D eigenvalue weighted by Crippen LogP contribution is -2.28. The largest absolute Gasteiger partial charge is 0.421 e. The van der Waals surface area contributed by atoms with Crippen LogP contribution >= 0.6 is 11.3 Å². The van der Waals surface area contributed by atoms with Gasteiger partial charge in [0.25, 0.3) is 5.56 Å². The number of nitrogens with zero attached hydrogens (tertiary/aromatic N) is 3. The molecule has 0 unspecified atom stereocenters. The number of thiazole rings is 1. The average Bonchev–Trinajstić information content (AvgIpc) is 3.06. The van der Waals surface area contributed by atoms with Gasteiger partial charge in [0.05, 0.1) is 27.0 Å². The number of nitrogens with one attached hydrogen (secondary N) is 1. The van der Waals surface area contributed by atoms with E-state index in [4.69, 9.17) is 0 Å². The number of rotatable bonds is 6. The number of anilines is 1. The Hall–Kier alpha value is -3.08.